The molecule has 0 saturated carbocycles. The summed E-state index contributed by atoms with van der Waals surface area (Å²) in [5, 5.41) is 12.3. The Morgan fingerprint density at radius 2 is 2.00 bits per heavy atom. The molecule has 0 radical (unpaired) electrons. The quantitative estimate of drug-likeness (QED) is 0.380. The molecule has 0 aliphatic heterocycles. The molecule has 0 spiro atoms. The smallest absolute Gasteiger partial charge is 0.315 e. The fourth-order valence-corrected chi connectivity index (χ4v) is 0.695. The summed E-state index contributed by atoms with van der Waals surface area (Å²) in [6, 6.07) is -0.228. The highest BCUT2D eigenvalue weighted by Gasteiger charge is 2.12. The van der Waals surface area contributed by atoms with Gasteiger partial charge in [-0.25, -0.2) is 4.79 Å². The van der Waals surface area contributed by atoms with Crippen LogP contribution in [-0.4, -0.2) is 24.0 Å². The molecule has 5 N–H and O–H groups in total. The lowest BCUT2D eigenvalue weighted by Crippen LogP contribution is -2.46. The Hall–Kier alpha value is -1.26. The largest absolute Gasteiger partial charge is 0.388 e. The van der Waals surface area contributed by atoms with Crippen LogP contribution in [0.1, 0.15) is 27.2 Å². The van der Waals surface area contributed by atoms with E-state index in [9.17, 15) is 4.79 Å². The number of nitrogens with one attached hydrogen (secondary N) is 3. The molecule has 0 heterocycles. The first-order valence-corrected chi connectivity index (χ1v) is 4.20. The number of amides is 2. The molecule has 0 aliphatic carbocycles. The number of carbonyl (C=O) groups is 1. The van der Waals surface area contributed by atoms with Crippen molar-refractivity contribution in [2.24, 2.45) is 5.73 Å². The first-order chi connectivity index (χ1) is 5.81. The normalized spacial score (nSPS) is 10.7. The van der Waals surface area contributed by atoms with Crippen LogP contribution in [0.2, 0.25) is 0 Å². The second-order valence-electron chi connectivity index (χ2n) is 3.91. The Morgan fingerprint density at radius 1 is 1.46 bits per heavy atom. The average Bonchev–Trinajstić information content (AvgIpc) is 1.81. The SMILES string of the molecule is CC(C)(C)NC(=O)NCCC(=N)N. The van der Waals surface area contributed by atoms with Crippen LogP contribution < -0.4 is 16.4 Å². The van der Waals surface area contributed by atoms with Crippen molar-refractivity contribution < 1.29 is 4.79 Å². The highest BCUT2D eigenvalue weighted by atomic mass is 16.2. The monoisotopic (exact) mass is 186 g/mol. The number of rotatable bonds is 3. The molecule has 2 amide bonds. The van der Waals surface area contributed by atoms with E-state index in [1.54, 1.807) is 0 Å². The highest BCUT2D eigenvalue weighted by molar-refractivity contribution is 5.78. The molecule has 0 aromatic carbocycles. The van der Waals surface area contributed by atoms with Gasteiger partial charge in [-0.3, -0.25) is 5.41 Å². The first kappa shape index (κ1) is 11.7. The summed E-state index contributed by atoms with van der Waals surface area (Å²) >= 11 is 0. The molecular formula is C8H18N4O. The molecule has 0 atom stereocenters. The molecule has 0 fully saturated rings. The number of hydrogen-bond donors (Lipinski definition) is 4. The van der Waals surface area contributed by atoms with Crippen molar-refractivity contribution in [3.05, 3.63) is 0 Å². The topological polar surface area (TPSA) is 91.0 Å². The molecule has 0 aliphatic rings. The van der Waals surface area contributed by atoms with E-state index in [1.165, 1.54) is 0 Å². The van der Waals surface area contributed by atoms with Gasteiger partial charge < -0.3 is 16.4 Å². The van der Waals surface area contributed by atoms with E-state index in [0.717, 1.165) is 0 Å². The molecule has 5 heteroatoms. The van der Waals surface area contributed by atoms with E-state index in [4.69, 9.17) is 11.1 Å². The number of hydrogen-bond acceptors (Lipinski definition) is 2. The third-order valence-electron chi connectivity index (χ3n) is 1.17. The lowest BCUT2D eigenvalue weighted by atomic mass is 10.1. The van der Waals surface area contributed by atoms with Gasteiger partial charge in [-0.2, -0.15) is 0 Å². The molecule has 0 aromatic heterocycles. The first-order valence-electron chi connectivity index (χ1n) is 4.20. The Bertz CT molecular complexity index is 195. The van der Waals surface area contributed by atoms with Crippen molar-refractivity contribution in [3.63, 3.8) is 0 Å². The van der Waals surface area contributed by atoms with Gasteiger partial charge in [0.2, 0.25) is 0 Å². The highest BCUT2D eigenvalue weighted by Crippen LogP contribution is 1.97. The van der Waals surface area contributed by atoms with Crippen LogP contribution in [0, 0.1) is 5.41 Å². The Balaban J connectivity index is 3.59. The number of urea groups is 1. The number of amidine groups is 1. The Labute approximate surface area is 78.6 Å². The van der Waals surface area contributed by atoms with E-state index in [0.29, 0.717) is 13.0 Å². The van der Waals surface area contributed by atoms with Gasteiger partial charge in [0.15, 0.2) is 0 Å². The van der Waals surface area contributed by atoms with Crippen LogP contribution in [0.5, 0.6) is 0 Å². The third kappa shape index (κ3) is 8.65. The molecule has 0 unspecified atom stereocenters. The van der Waals surface area contributed by atoms with Gasteiger partial charge in [0.25, 0.3) is 0 Å². The predicted octanol–water partition coefficient (Wildman–Crippen LogP) is 0.410. The number of carbonyl (C=O) groups excluding carboxylic acids is 1. The van der Waals surface area contributed by atoms with Gasteiger partial charge >= 0.3 is 6.03 Å². The van der Waals surface area contributed by atoms with Gasteiger partial charge in [0.05, 0.1) is 5.84 Å². The van der Waals surface area contributed by atoms with E-state index in [-0.39, 0.29) is 17.4 Å². The minimum absolute atomic E-state index is 0.0797. The van der Waals surface area contributed by atoms with Crippen LogP contribution >= 0.6 is 0 Å². The van der Waals surface area contributed by atoms with Crippen molar-refractivity contribution in [3.8, 4) is 0 Å². The summed E-state index contributed by atoms with van der Waals surface area (Å²) in [6.45, 7) is 6.10. The molecule has 0 saturated heterocycles. The molecule has 0 bridgehead atoms. The van der Waals surface area contributed by atoms with Crippen molar-refractivity contribution in [1.29, 1.82) is 5.41 Å². The summed E-state index contributed by atoms with van der Waals surface area (Å²) in [7, 11) is 0. The van der Waals surface area contributed by atoms with E-state index >= 15 is 0 Å². The van der Waals surface area contributed by atoms with Gasteiger partial charge in [0, 0.05) is 18.5 Å². The third-order valence-corrected chi connectivity index (χ3v) is 1.17. The van der Waals surface area contributed by atoms with Crippen LogP contribution in [0.3, 0.4) is 0 Å². The second-order valence-corrected chi connectivity index (χ2v) is 3.91. The molecule has 0 rings (SSSR count). The molecule has 76 valence electrons. The molecular weight excluding hydrogens is 168 g/mol. The predicted molar refractivity (Wildman–Crippen MR) is 52.8 cm³/mol. The summed E-state index contributed by atoms with van der Waals surface area (Å²) in [6.07, 6.45) is 0.386. The average molecular weight is 186 g/mol. The Morgan fingerprint density at radius 3 is 2.38 bits per heavy atom. The van der Waals surface area contributed by atoms with E-state index < -0.39 is 0 Å². The minimum Gasteiger partial charge on any atom is -0.388 e. The van der Waals surface area contributed by atoms with Crippen LogP contribution in [0.4, 0.5) is 4.79 Å². The van der Waals surface area contributed by atoms with Gasteiger partial charge in [0.1, 0.15) is 0 Å². The standard InChI is InChI=1S/C8H18N4O/c1-8(2,3)12-7(13)11-5-4-6(9)10/h4-5H2,1-3H3,(H3,9,10)(H2,11,12,13). The van der Waals surface area contributed by atoms with Crippen molar-refractivity contribution in [2.45, 2.75) is 32.7 Å². The van der Waals surface area contributed by atoms with E-state index in [2.05, 4.69) is 10.6 Å². The minimum atomic E-state index is -0.236. The van der Waals surface area contributed by atoms with Gasteiger partial charge in [-0.15, -0.1) is 0 Å². The lowest BCUT2D eigenvalue weighted by Gasteiger charge is -2.20. The summed E-state index contributed by atoms with van der Waals surface area (Å²) in [5.41, 5.74) is 4.88. The summed E-state index contributed by atoms with van der Waals surface area (Å²) in [5.74, 6) is 0.0797. The zero-order valence-corrected chi connectivity index (χ0v) is 8.40. The van der Waals surface area contributed by atoms with Crippen LogP contribution in [0.25, 0.3) is 0 Å². The maximum atomic E-state index is 11.1. The molecule has 0 aromatic rings. The van der Waals surface area contributed by atoms with Gasteiger partial charge in [-0.1, -0.05) is 0 Å². The fraction of sp³-hybridized carbons (Fsp3) is 0.750. The Kier molecular flexibility index (Phi) is 4.23. The zero-order chi connectivity index (χ0) is 10.5. The zero-order valence-electron chi connectivity index (χ0n) is 8.40. The molecule has 5 nitrogen and oxygen atoms in total. The lowest BCUT2D eigenvalue weighted by molar-refractivity contribution is 0.232. The van der Waals surface area contributed by atoms with E-state index in [1.807, 2.05) is 20.8 Å². The van der Waals surface area contributed by atoms with Gasteiger partial charge in [-0.05, 0) is 20.8 Å². The van der Waals surface area contributed by atoms with Crippen molar-refractivity contribution in [1.82, 2.24) is 10.6 Å². The van der Waals surface area contributed by atoms with Crippen molar-refractivity contribution in [2.75, 3.05) is 6.54 Å². The van der Waals surface area contributed by atoms with Crippen LogP contribution in [-0.2, 0) is 0 Å². The maximum absolute atomic E-state index is 11.1. The van der Waals surface area contributed by atoms with Crippen LogP contribution in [0.15, 0.2) is 0 Å². The maximum Gasteiger partial charge on any atom is 0.315 e. The summed E-state index contributed by atoms with van der Waals surface area (Å²) in [4.78, 5) is 11.1. The molecule has 13 heavy (non-hydrogen) atoms. The number of nitrogens with two attached hydrogens (primary N) is 1. The fourth-order valence-electron chi connectivity index (χ4n) is 0.695. The second kappa shape index (κ2) is 4.69. The van der Waals surface area contributed by atoms with Crippen molar-refractivity contribution >= 4 is 11.9 Å². The summed E-state index contributed by atoms with van der Waals surface area (Å²) < 4.78 is 0.